The first kappa shape index (κ1) is 18.8. The maximum absolute atomic E-state index is 5.74. The number of halogens is 1. The highest BCUT2D eigenvalue weighted by Gasteiger charge is 2.08. The molecule has 0 spiro atoms. The number of nitrogens with zero attached hydrogens (tertiary/aromatic N) is 1. The third-order valence-corrected chi connectivity index (χ3v) is 2.52. The van der Waals surface area contributed by atoms with E-state index in [0.717, 1.165) is 5.56 Å². The maximum atomic E-state index is 5.74. The molecule has 0 atom stereocenters. The average Bonchev–Trinajstić information content (AvgIpc) is 2.44. The Morgan fingerprint density at radius 1 is 1.25 bits per heavy atom. The smallest absolute Gasteiger partial charge is 0.189 e. The van der Waals surface area contributed by atoms with E-state index in [-0.39, 0.29) is 24.0 Å². The van der Waals surface area contributed by atoms with E-state index in [9.17, 15) is 0 Å². The first-order valence-electron chi connectivity index (χ1n) is 5.95. The van der Waals surface area contributed by atoms with Crippen LogP contribution in [0.3, 0.4) is 0 Å². The number of para-hydroxylation sites is 1. The molecule has 1 aromatic rings. The van der Waals surface area contributed by atoms with E-state index >= 15 is 0 Å². The molecule has 0 aromatic heterocycles. The average molecular weight is 395 g/mol. The van der Waals surface area contributed by atoms with Crippen LogP contribution in [-0.2, 0) is 11.3 Å². The zero-order chi connectivity index (χ0) is 14.1. The lowest BCUT2D eigenvalue weighted by molar-refractivity contribution is 0.204. The molecular formula is C13H22IN3O3. The minimum atomic E-state index is 0. The molecule has 0 saturated carbocycles. The van der Waals surface area contributed by atoms with E-state index in [1.54, 1.807) is 21.3 Å². The van der Waals surface area contributed by atoms with Gasteiger partial charge in [-0.2, -0.15) is 0 Å². The van der Waals surface area contributed by atoms with Crippen molar-refractivity contribution in [1.82, 2.24) is 5.32 Å². The van der Waals surface area contributed by atoms with Crippen molar-refractivity contribution in [3.8, 4) is 11.5 Å². The number of nitrogens with one attached hydrogen (secondary N) is 1. The summed E-state index contributed by atoms with van der Waals surface area (Å²) in [6.07, 6.45) is 0. The van der Waals surface area contributed by atoms with Gasteiger partial charge in [0.05, 0.1) is 27.4 Å². The number of aliphatic imine (C=N–C) groups is 1. The molecular weight excluding hydrogens is 373 g/mol. The van der Waals surface area contributed by atoms with Crippen LogP contribution in [0.1, 0.15) is 5.56 Å². The molecule has 7 heteroatoms. The van der Waals surface area contributed by atoms with E-state index in [1.165, 1.54) is 0 Å². The van der Waals surface area contributed by atoms with Gasteiger partial charge in [-0.15, -0.1) is 24.0 Å². The Hall–Kier alpha value is -1.22. The summed E-state index contributed by atoms with van der Waals surface area (Å²) in [4.78, 5) is 4.24. The van der Waals surface area contributed by atoms with Crippen LogP contribution in [0.2, 0.25) is 0 Å². The predicted octanol–water partition coefficient (Wildman–Crippen LogP) is 1.37. The van der Waals surface area contributed by atoms with E-state index in [4.69, 9.17) is 19.9 Å². The lowest BCUT2D eigenvalue weighted by atomic mass is 10.2. The van der Waals surface area contributed by atoms with Crippen LogP contribution in [0.4, 0.5) is 0 Å². The van der Waals surface area contributed by atoms with Gasteiger partial charge in [-0.3, -0.25) is 0 Å². The summed E-state index contributed by atoms with van der Waals surface area (Å²) in [6.45, 7) is 1.63. The molecule has 0 fully saturated rings. The van der Waals surface area contributed by atoms with Gasteiger partial charge >= 0.3 is 0 Å². The van der Waals surface area contributed by atoms with Crippen LogP contribution in [-0.4, -0.2) is 40.4 Å². The third-order valence-electron chi connectivity index (χ3n) is 2.52. The molecule has 0 saturated heterocycles. The van der Waals surface area contributed by atoms with Crippen molar-refractivity contribution in [3.05, 3.63) is 23.8 Å². The van der Waals surface area contributed by atoms with Gasteiger partial charge in [0.15, 0.2) is 17.5 Å². The van der Waals surface area contributed by atoms with Crippen LogP contribution in [0, 0.1) is 0 Å². The SMILES string of the molecule is COCCNC(N)=NCc1cccc(OC)c1OC.I. The lowest BCUT2D eigenvalue weighted by Crippen LogP contribution is -2.34. The maximum Gasteiger partial charge on any atom is 0.189 e. The number of benzene rings is 1. The zero-order valence-corrected chi connectivity index (χ0v) is 14.3. The van der Waals surface area contributed by atoms with Crippen LogP contribution in [0.5, 0.6) is 11.5 Å². The van der Waals surface area contributed by atoms with E-state index < -0.39 is 0 Å². The standard InChI is InChI=1S/C13H21N3O3.HI/c1-17-8-7-15-13(14)16-9-10-5-4-6-11(18-2)12(10)19-3;/h4-6H,7-9H2,1-3H3,(H3,14,15,16);1H. The summed E-state index contributed by atoms with van der Waals surface area (Å²) < 4.78 is 15.5. The Kier molecular flexibility index (Phi) is 9.91. The van der Waals surface area contributed by atoms with Gasteiger partial charge in [0.1, 0.15) is 0 Å². The minimum Gasteiger partial charge on any atom is -0.493 e. The fourth-order valence-corrected chi connectivity index (χ4v) is 1.59. The predicted molar refractivity (Wildman–Crippen MR) is 90.2 cm³/mol. The summed E-state index contributed by atoms with van der Waals surface area (Å²) in [5, 5.41) is 2.95. The van der Waals surface area contributed by atoms with Crippen LogP contribution in [0.25, 0.3) is 0 Å². The van der Waals surface area contributed by atoms with Gasteiger partial charge in [0.25, 0.3) is 0 Å². The van der Waals surface area contributed by atoms with Crippen LogP contribution >= 0.6 is 24.0 Å². The fourth-order valence-electron chi connectivity index (χ4n) is 1.59. The van der Waals surface area contributed by atoms with Crippen LogP contribution in [0.15, 0.2) is 23.2 Å². The molecule has 6 nitrogen and oxygen atoms in total. The second-order valence-electron chi connectivity index (χ2n) is 3.77. The molecule has 0 aliphatic carbocycles. The van der Waals surface area contributed by atoms with Gasteiger partial charge in [0, 0.05) is 19.2 Å². The molecule has 0 bridgehead atoms. The number of rotatable bonds is 7. The van der Waals surface area contributed by atoms with Gasteiger partial charge in [-0.05, 0) is 6.07 Å². The summed E-state index contributed by atoms with van der Waals surface area (Å²) in [7, 11) is 4.84. The topological polar surface area (TPSA) is 78.1 Å². The van der Waals surface area contributed by atoms with Gasteiger partial charge in [0.2, 0.25) is 0 Å². The molecule has 0 unspecified atom stereocenters. The van der Waals surface area contributed by atoms with Gasteiger partial charge < -0.3 is 25.3 Å². The number of nitrogens with two attached hydrogens (primary N) is 1. The number of guanidine groups is 1. The molecule has 1 rings (SSSR count). The van der Waals surface area contributed by atoms with E-state index in [2.05, 4.69) is 10.3 Å². The van der Waals surface area contributed by atoms with Crippen molar-refractivity contribution in [2.45, 2.75) is 6.54 Å². The number of hydrogen-bond acceptors (Lipinski definition) is 4. The Balaban J connectivity index is 0.00000361. The summed E-state index contributed by atoms with van der Waals surface area (Å²) >= 11 is 0. The molecule has 0 radical (unpaired) electrons. The Morgan fingerprint density at radius 3 is 2.60 bits per heavy atom. The molecule has 3 N–H and O–H groups in total. The second kappa shape index (κ2) is 10.6. The lowest BCUT2D eigenvalue weighted by Gasteiger charge is -2.11. The molecule has 0 heterocycles. The summed E-state index contributed by atoms with van der Waals surface area (Å²) in [5.41, 5.74) is 6.65. The molecule has 20 heavy (non-hydrogen) atoms. The molecule has 1 aromatic carbocycles. The number of ether oxygens (including phenoxy) is 3. The Labute approximate surface area is 136 Å². The molecule has 114 valence electrons. The normalized spacial score (nSPS) is 10.7. The summed E-state index contributed by atoms with van der Waals surface area (Å²) in [6, 6.07) is 5.65. The fraction of sp³-hybridized carbons (Fsp3) is 0.462. The van der Waals surface area contributed by atoms with Gasteiger partial charge in [-0.25, -0.2) is 4.99 Å². The highest BCUT2D eigenvalue weighted by atomic mass is 127. The van der Waals surface area contributed by atoms with E-state index in [1.807, 2.05) is 18.2 Å². The monoisotopic (exact) mass is 395 g/mol. The number of hydrogen-bond donors (Lipinski definition) is 2. The number of methoxy groups -OCH3 is 3. The molecule has 0 aliphatic rings. The minimum absolute atomic E-state index is 0. The van der Waals surface area contributed by atoms with Crippen molar-refractivity contribution in [2.24, 2.45) is 10.7 Å². The van der Waals surface area contributed by atoms with Gasteiger partial charge in [-0.1, -0.05) is 12.1 Å². The first-order valence-corrected chi connectivity index (χ1v) is 5.95. The summed E-state index contributed by atoms with van der Waals surface area (Å²) in [5.74, 6) is 1.74. The highest BCUT2D eigenvalue weighted by molar-refractivity contribution is 14.0. The molecule has 0 aliphatic heterocycles. The quantitative estimate of drug-likeness (QED) is 0.316. The Morgan fingerprint density at radius 2 is 2.00 bits per heavy atom. The van der Waals surface area contributed by atoms with Crippen molar-refractivity contribution in [3.63, 3.8) is 0 Å². The second-order valence-corrected chi connectivity index (χ2v) is 3.77. The van der Waals surface area contributed by atoms with Crippen molar-refractivity contribution in [1.29, 1.82) is 0 Å². The van der Waals surface area contributed by atoms with Crippen LogP contribution < -0.4 is 20.5 Å². The van der Waals surface area contributed by atoms with Crippen molar-refractivity contribution in [2.75, 3.05) is 34.5 Å². The zero-order valence-electron chi connectivity index (χ0n) is 12.0. The van der Waals surface area contributed by atoms with Crippen molar-refractivity contribution >= 4 is 29.9 Å². The van der Waals surface area contributed by atoms with E-state index in [0.29, 0.717) is 37.2 Å². The Bertz CT molecular complexity index is 427. The highest BCUT2D eigenvalue weighted by Crippen LogP contribution is 2.30. The molecule has 0 amide bonds. The van der Waals surface area contributed by atoms with Crippen molar-refractivity contribution < 1.29 is 14.2 Å². The largest absolute Gasteiger partial charge is 0.493 e. The third kappa shape index (κ3) is 5.83. The first-order chi connectivity index (χ1) is 9.22.